The minimum absolute atomic E-state index is 0.0116. The van der Waals surface area contributed by atoms with Gasteiger partial charge in [0.15, 0.2) is 5.78 Å². The van der Waals surface area contributed by atoms with Gasteiger partial charge in [-0.2, -0.15) is 0 Å². The second-order valence-electron chi connectivity index (χ2n) is 2.11. The van der Waals surface area contributed by atoms with Gasteiger partial charge >= 0.3 is 0 Å². The molecule has 0 amide bonds. The standard InChI is InChI=1S/C8H7BrO2/c1-6(10)2-3-8-4-7(9)5-11-8/h2-5H,1H3/b3-2+. The Balaban J connectivity index is 2.71. The van der Waals surface area contributed by atoms with Crippen LogP contribution in [0.5, 0.6) is 0 Å². The molecule has 2 nitrogen and oxygen atoms in total. The summed E-state index contributed by atoms with van der Waals surface area (Å²) >= 11 is 3.23. The van der Waals surface area contributed by atoms with Gasteiger partial charge in [0, 0.05) is 0 Å². The van der Waals surface area contributed by atoms with Crippen LogP contribution in [-0.2, 0) is 4.79 Å². The van der Waals surface area contributed by atoms with Crippen LogP contribution in [0, 0.1) is 0 Å². The van der Waals surface area contributed by atoms with E-state index in [0.717, 1.165) is 4.47 Å². The van der Waals surface area contributed by atoms with Crippen molar-refractivity contribution in [2.75, 3.05) is 0 Å². The number of carbonyl (C=O) groups excluding carboxylic acids is 1. The maximum absolute atomic E-state index is 10.5. The summed E-state index contributed by atoms with van der Waals surface area (Å²) in [6.07, 6.45) is 4.66. The first-order valence-corrected chi connectivity index (χ1v) is 3.90. The summed E-state index contributed by atoms with van der Waals surface area (Å²) in [7, 11) is 0. The van der Waals surface area contributed by atoms with Gasteiger partial charge in [0.05, 0.1) is 4.47 Å². The molecule has 11 heavy (non-hydrogen) atoms. The maximum Gasteiger partial charge on any atom is 0.152 e. The SMILES string of the molecule is CC(=O)/C=C/c1cc(Br)co1. The molecular weight excluding hydrogens is 208 g/mol. The van der Waals surface area contributed by atoms with Crippen LogP contribution in [0.25, 0.3) is 6.08 Å². The molecular formula is C8H7BrO2. The van der Waals surface area contributed by atoms with Gasteiger partial charge in [0.25, 0.3) is 0 Å². The van der Waals surface area contributed by atoms with Gasteiger partial charge in [0.1, 0.15) is 12.0 Å². The second kappa shape index (κ2) is 3.53. The molecule has 0 saturated heterocycles. The van der Waals surface area contributed by atoms with E-state index >= 15 is 0 Å². The third-order valence-electron chi connectivity index (χ3n) is 1.07. The van der Waals surface area contributed by atoms with Gasteiger partial charge in [-0.05, 0) is 41.1 Å². The van der Waals surface area contributed by atoms with Crippen molar-refractivity contribution in [3.05, 3.63) is 28.6 Å². The minimum Gasteiger partial charge on any atom is -0.464 e. The average Bonchev–Trinajstić information content (AvgIpc) is 2.31. The predicted octanol–water partition coefficient (Wildman–Crippen LogP) is 2.64. The van der Waals surface area contributed by atoms with Crippen molar-refractivity contribution < 1.29 is 9.21 Å². The van der Waals surface area contributed by atoms with Crippen molar-refractivity contribution in [1.29, 1.82) is 0 Å². The van der Waals surface area contributed by atoms with Crippen LogP contribution >= 0.6 is 15.9 Å². The lowest BCUT2D eigenvalue weighted by Gasteiger charge is -1.79. The van der Waals surface area contributed by atoms with E-state index in [1.165, 1.54) is 13.0 Å². The van der Waals surface area contributed by atoms with Crippen molar-refractivity contribution in [2.24, 2.45) is 0 Å². The quantitative estimate of drug-likeness (QED) is 0.709. The Morgan fingerprint density at radius 3 is 2.91 bits per heavy atom. The van der Waals surface area contributed by atoms with Crippen LogP contribution < -0.4 is 0 Å². The summed E-state index contributed by atoms with van der Waals surface area (Å²) in [6.45, 7) is 1.49. The van der Waals surface area contributed by atoms with E-state index in [9.17, 15) is 4.79 Å². The second-order valence-corrected chi connectivity index (χ2v) is 3.03. The lowest BCUT2D eigenvalue weighted by molar-refractivity contribution is -0.112. The normalized spacial score (nSPS) is 10.7. The van der Waals surface area contributed by atoms with Gasteiger partial charge in [-0.3, -0.25) is 4.79 Å². The lowest BCUT2D eigenvalue weighted by Crippen LogP contribution is -1.78. The molecule has 1 heterocycles. The summed E-state index contributed by atoms with van der Waals surface area (Å²) in [5.74, 6) is 0.685. The monoisotopic (exact) mass is 214 g/mol. The molecule has 0 atom stereocenters. The Bertz CT molecular complexity index is 286. The van der Waals surface area contributed by atoms with Gasteiger partial charge < -0.3 is 4.42 Å². The number of carbonyl (C=O) groups is 1. The van der Waals surface area contributed by atoms with Gasteiger partial charge in [-0.25, -0.2) is 0 Å². The molecule has 0 aromatic carbocycles. The summed E-state index contributed by atoms with van der Waals surface area (Å²) < 4.78 is 5.90. The largest absolute Gasteiger partial charge is 0.464 e. The number of rotatable bonds is 2. The molecule has 0 fully saturated rings. The molecule has 0 unspecified atom stereocenters. The van der Waals surface area contributed by atoms with Crippen LogP contribution in [0.4, 0.5) is 0 Å². The van der Waals surface area contributed by atoms with Crippen molar-refractivity contribution in [3.63, 3.8) is 0 Å². The smallest absolute Gasteiger partial charge is 0.152 e. The average molecular weight is 215 g/mol. The molecule has 1 aromatic heterocycles. The summed E-state index contributed by atoms with van der Waals surface area (Å²) in [6, 6.07) is 1.79. The number of halogens is 1. The molecule has 0 saturated carbocycles. The summed E-state index contributed by atoms with van der Waals surface area (Å²) in [4.78, 5) is 10.5. The Kier molecular flexibility index (Phi) is 2.65. The van der Waals surface area contributed by atoms with Crippen molar-refractivity contribution in [1.82, 2.24) is 0 Å². The van der Waals surface area contributed by atoms with Gasteiger partial charge in [0.2, 0.25) is 0 Å². The zero-order valence-electron chi connectivity index (χ0n) is 6.00. The maximum atomic E-state index is 10.5. The van der Waals surface area contributed by atoms with Gasteiger partial charge in [-0.1, -0.05) is 0 Å². The fourth-order valence-corrected chi connectivity index (χ4v) is 0.934. The highest BCUT2D eigenvalue weighted by molar-refractivity contribution is 9.10. The highest BCUT2D eigenvalue weighted by Gasteiger charge is 1.93. The fraction of sp³-hybridized carbons (Fsp3) is 0.125. The van der Waals surface area contributed by atoms with Crippen LogP contribution in [0.2, 0.25) is 0 Å². The van der Waals surface area contributed by atoms with Crippen LogP contribution in [0.3, 0.4) is 0 Å². The van der Waals surface area contributed by atoms with E-state index in [4.69, 9.17) is 4.42 Å². The number of hydrogen-bond acceptors (Lipinski definition) is 2. The topological polar surface area (TPSA) is 30.2 Å². The highest BCUT2D eigenvalue weighted by Crippen LogP contribution is 2.14. The molecule has 0 N–H and O–H groups in total. The molecule has 0 spiro atoms. The summed E-state index contributed by atoms with van der Waals surface area (Å²) in [5.41, 5.74) is 0. The fourth-order valence-electron chi connectivity index (χ4n) is 0.615. The molecule has 0 aliphatic rings. The van der Waals surface area contributed by atoms with Gasteiger partial charge in [-0.15, -0.1) is 0 Å². The Labute approximate surface area is 73.0 Å². The van der Waals surface area contributed by atoms with Crippen molar-refractivity contribution in [2.45, 2.75) is 6.92 Å². The molecule has 0 radical (unpaired) electrons. The highest BCUT2D eigenvalue weighted by atomic mass is 79.9. The molecule has 0 aliphatic heterocycles. The molecule has 58 valence electrons. The zero-order chi connectivity index (χ0) is 8.27. The summed E-state index contributed by atoms with van der Waals surface area (Å²) in [5, 5.41) is 0. The van der Waals surface area contributed by atoms with E-state index < -0.39 is 0 Å². The third-order valence-corrected chi connectivity index (χ3v) is 1.49. The molecule has 1 rings (SSSR count). The zero-order valence-corrected chi connectivity index (χ0v) is 7.59. The Hall–Kier alpha value is -0.830. The van der Waals surface area contributed by atoms with E-state index in [2.05, 4.69) is 15.9 Å². The number of hydrogen-bond donors (Lipinski definition) is 0. The molecule has 3 heteroatoms. The Morgan fingerprint density at radius 2 is 2.45 bits per heavy atom. The van der Waals surface area contributed by atoms with E-state index in [1.807, 2.05) is 0 Å². The number of furan rings is 1. The third kappa shape index (κ3) is 2.72. The first kappa shape index (κ1) is 8.27. The first-order chi connectivity index (χ1) is 5.18. The van der Waals surface area contributed by atoms with E-state index in [-0.39, 0.29) is 5.78 Å². The molecule has 0 aliphatic carbocycles. The predicted molar refractivity (Wildman–Crippen MR) is 46.1 cm³/mol. The van der Waals surface area contributed by atoms with Crippen LogP contribution in [0.15, 0.2) is 27.3 Å². The Morgan fingerprint density at radius 1 is 1.73 bits per heavy atom. The first-order valence-electron chi connectivity index (χ1n) is 3.11. The van der Waals surface area contributed by atoms with Crippen molar-refractivity contribution in [3.8, 4) is 0 Å². The minimum atomic E-state index is 0.0116. The van der Waals surface area contributed by atoms with E-state index in [1.54, 1.807) is 18.4 Å². The number of allylic oxidation sites excluding steroid dienone is 1. The van der Waals surface area contributed by atoms with Crippen LogP contribution in [0.1, 0.15) is 12.7 Å². The van der Waals surface area contributed by atoms with E-state index in [0.29, 0.717) is 5.76 Å². The van der Waals surface area contributed by atoms with Crippen molar-refractivity contribution >= 4 is 27.8 Å². The lowest BCUT2D eigenvalue weighted by atomic mass is 10.3. The molecule has 1 aromatic rings. The molecule has 0 bridgehead atoms. The number of ketones is 1. The van der Waals surface area contributed by atoms with Crippen LogP contribution in [-0.4, -0.2) is 5.78 Å².